The van der Waals surface area contributed by atoms with Crippen LogP contribution in [0.15, 0.2) is 23.1 Å². The zero-order valence-corrected chi connectivity index (χ0v) is 18.0. The van der Waals surface area contributed by atoms with Crippen molar-refractivity contribution in [2.24, 2.45) is 0 Å². The van der Waals surface area contributed by atoms with Gasteiger partial charge in [-0.25, -0.2) is 8.42 Å². The fourth-order valence-corrected chi connectivity index (χ4v) is 4.83. The highest BCUT2D eigenvalue weighted by Crippen LogP contribution is 2.23. The van der Waals surface area contributed by atoms with Gasteiger partial charge in [0.15, 0.2) is 0 Å². The Kier molecular flexibility index (Phi) is 7.60. The van der Waals surface area contributed by atoms with Crippen molar-refractivity contribution in [1.82, 2.24) is 14.5 Å². The number of hydrogen-bond acceptors (Lipinski definition) is 4. The molecule has 156 valence electrons. The van der Waals surface area contributed by atoms with Gasteiger partial charge >= 0.3 is 0 Å². The Morgan fingerprint density at radius 3 is 2.39 bits per heavy atom. The summed E-state index contributed by atoms with van der Waals surface area (Å²) in [4.78, 5) is 26.6. The zero-order chi connectivity index (χ0) is 20.9. The van der Waals surface area contributed by atoms with Gasteiger partial charge in [-0.15, -0.1) is 0 Å². The molecular weight excluding hydrogens is 378 g/mol. The van der Waals surface area contributed by atoms with Gasteiger partial charge in [-0.2, -0.15) is 4.31 Å². The third-order valence-corrected chi connectivity index (χ3v) is 6.74. The van der Waals surface area contributed by atoms with E-state index in [1.54, 1.807) is 26.0 Å². The standard InChI is InChI=1S/C20H31N3O4S/c1-5-22(14-19(24)21-15(2)3)20(25)18-13-17(10-9-16(18)4)28(26,27)23-11-7-6-8-12-23/h9-10,13,15H,5-8,11-12,14H2,1-4H3,(H,21,24). The van der Waals surface area contributed by atoms with Gasteiger partial charge in [-0.3, -0.25) is 9.59 Å². The van der Waals surface area contributed by atoms with Crippen molar-refractivity contribution < 1.29 is 18.0 Å². The summed E-state index contributed by atoms with van der Waals surface area (Å²) in [5.41, 5.74) is 1.00. The molecule has 28 heavy (non-hydrogen) atoms. The first-order valence-corrected chi connectivity index (χ1v) is 11.3. The largest absolute Gasteiger partial charge is 0.352 e. The molecule has 1 fully saturated rings. The molecular formula is C20H31N3O4S. The summed E-state index contributed by atoms with van der Waals surface area (Å²) in [6.45, 7) is 8.59. The van der Waals surface area contributed by atoms with Gasteiger partial charge in [0.2, 0.25) is 15.9 Å². The number of nitrogens with zero attached hydrogens (tertiary/aromatic N) is 2. The number of likely N-dealkylation sites (N-methyl/N-ethyl adjacent to an activating group) is 1. The molecule has 0 aliphatic carbocycles. The van der Waals surface area contributed by atoms with Crippen molar-refractivity contribution in [1.29, 1.82) is 0 Å². The van der Waals surface area contributed by atoms with Gasteiger partial charge in [0.25, 0.3) is 5.91 Å². The van der Waals surface area contributed by atoms with Crippen LogP contribution in [0.3, 0.4) is 0 Å². The van der Waals surface area contributed by atoms with E-state index in [1.165, 1.54) is 15.3 Å². The smallest absolute Gasteiger partial charge is 0.254 e. The van der Waals surface area contributed by atoms with E-state index in [1.807, 2.05) is 13.8 Å². The molecule has 1 aliphatic heterocycles. The van der Waals surface area contributed by atoms with E-state index in [0.717, 1.165) is 19.3 Å². The highest BCUT2D eigenvalue weighted by Gasteiger charge is 2.28. The highest BCUT2D eigenvalue weighted by molar-refractivity contribution is 7.89. The molecule has 1 aliphatic rings. The molecule has 0 bridgehead atoms. The molecule has 8 heteroatoms. The zero-order valence-electron chi connectivity index (χ0n) is 17.2. The minimum Gasteiger partial charge on any atom is -0.352 e. The van der Waals surface area contributed by atoms with Crippen LogP contribution >= 0.6 is 0 Å². The van der Waals surface area contributed by atoms with Crippen LogP contribution in [-0.4, -0.2) is 61.7 Å². The van der Waals surface area contributed by atoms with E-state index < -0.39 is 10.0 Å². The number of amides is 2. The van der Waals surface area contributed by atoms with Gasteiger partial charge in [0.1, 0.15) is 0 Å². The molecule has 1 N–H and O–H groups in total. The Hall–Kier alpha value is -1.93. The second-order valence-electron chi connectivity index (χ2n) is 7.48. The Morgan fingerprint density at radius 2 is 1.82 bits per heavy atom. The topological polar surface area (TPSA) is 86.8 Å². The van der Waals surface area contributed by atoms with Crippen molar-refractivity contribution in [2.45, 2.75) is 57.9 Å². The fourth-order valence-electron chi connectivity index (χ4n) is 3.28. The average molecular weight is 410 g/mol. The summed E-state index contributed by atoms with van der Waals surface area (Å²) in [6.07, 6.45) is 2.74. The predicted molar refractivity (Wildman–Crippen MR) is 109 cm³/mol. The Morgan fingerprint density at radius 1 is 1.18 bits per heavy atom. The van der Waals surface area contributed by atoms with Gasteiger partial charge in [0, 0.05) is 31.2 Å². The minimum absolute atomic E-state index is 0.0129. The van der Waals surface area contributed by atoms with Crippen LogP contribution < -0.4 is 5.32 Å². The van der Waals surface area contributed by atoms with Crippen LogP contribution in [0.1, 0.15) is 56.0 Å². The number of hydrogen-bond donors (Lipinski definition) is 1. The molecule has 0 radical (unpaired) electrons. The number of carbonyl (C=O) groups excluding carboxylic acids is 2. The number of nitrogens with one attached hydrogen (secondary N) is 1. The van der Waals surface area contributed by atoms with E-state index in [2.05, 4.69) is 5.32 Å². The maximum atomic E-state index is 13.0. The number of sulfonamides is 1. The number of carbonyl (C=O) groups is 2. The minimum atomic E-state index is -3.62. The molecule has 2 rings (SSSR count). The summed E-state index contributed by atoms with van der Waals surface area (Å²) >= 11 is 0. The first kappa shape index (κ1) is 22.4. The summed E-state index contributed by atoms with van der Waals surface area (Å²) in [7, 11) is -3.62. The second kappa shape index (κ2) is 9.52. The molecule has 1 aromatic carbocycles. The van der Waals surface area contributed by atoms with E-state index in [0.29, 0.717) is 30.8 Å². The van der Waals surface area contributed by atoms with Gasteiger partial charge in [-0.1, -0.05) is 12.5 Å². The lowest BCUT2D eigenvalue weighted by Crippen LogP contribution is -2.43. The lowest BCUT2D eigenvalue weighted by Gasteiger charge is -2.26. The molecule has 1 saturated heterocycles. The molecule has 0 atom stereocenters. The normalized spacial score (nSPS) is 15.5. The van der Waals surface area contributed by atoms with Crippen LogP contribution in [0.4, 0.5) is 0 Å². The van der Waals surface area contributed by atoms with Crippen molar-refractivity contribution in [3.63, 3.8) is 0 Å². The SMILES string of the molecule is CCN(CC(=O)NC(C)C)C(=O)c1cc(S(=O)(=O)N2CCCCC2)ccc1C. The summed E-state index contributed by atoms with van der Waals surface area (Å²) in [5.74, 6) is -0.574. The lowest BCUT2D eigenvalue weighted by molar-refractivity contribution is -0.122. The summed E-state index contributed by atoms with van der Waals surface area (Å²) in [5, 5.41) is 2.77. The number of rotatable bonds is 7. The van der Waals surface area contributed by atoms with Gasteiger partial charge in [0.05, 0.1) is 11.4 Å². The summed E-state index contributed by atoms with van der Waals surface area (Å²) < 4.78 is 27.4. The van der Waals surface area contributed by atoms with Crippen LogP contribution in [0, 0.1) is 6.92 Å². The average Bonchev–Trinajstić information content (AvgIpc) is 2.66. The number of piperidine rings is 1. The number of benzene rings is 1. The Labute approximate surface area is 168 Å². The van der Waals surface area contributed by atoms with E-state index in [-0.39, 0.29) is 29.3 Å². The van der Waals surface area contributed by atoms with Gasteiger partial charge < -0.3 is 10.2 Å². The van der Waals surface area contributed by atoms with E-state index >= 15 is 0 Å². The molecule has 0 saturated carbocycles. The predicted octanol–water partition coefficient (Wildman–Crippen LogP) is 2.16. The molecule has 7 nitrogen and oxygen atoms in total. The van der Waals surface area contributed by atoms with Crippen LogP contribution in [0.25, 0.3) is 0 Å². The van der Waals surface area contributed by atoms with Crippen molar-refractivity contribution >= 4 is 21.8 Å². The first-order valence-electron chi connectivity index (χ1n) is 9.86. The molecule has 0 unspecified atom stereocenters. The van der Waals surface area contributed by atoms with Gasteiger partial charge in [-0.05, 0) is 58.2 Å². The molecule has 1 heterocycles. The maximum absolute atomic E-state index is 13.0. The van der Waals surface area contributed by atoms with E-state index in [4.69, 9.17) is 0 Å². The first-order chi connectivity index (χ1) is 13.2. The van der Waals surface area contributed by atoms with Crippen LogP contribution in [0.2, 0.25) is 0 Å². The molecule has 0 spiro atoms. The lowest BCUT2D eigenvalue weighted by atomic mass is 10.1. The summed E-state index contributed by atoms with van der Waals surface area (Å²) in [6, 6.07) is 4.65. The van der Waals surface area contributed by atoms with E-state index in [9.17, 15) is 18.0 Å². The van der Waals surface area contributed by atoms with Crippen molar-refractivity contribution in [3.8, 4) is 0 Å². The third-order valence-electron chi connectivity index (χ3n) is 4.85. The Bertz CT molecular complexity index is 815. The molecule has 0 aromatic heterocycles. The highest BCUT2D eigenvalue weighted by atomic mass is 32.2. The molecule has 1 aromatic rings. The third kappa shape index (κ3) is 5.32. The number of aryl methyl sites for hydroxylation is 1. The van der Waals surface area contributed by atoms with Crippen molar-refractivity contribution in [2.75, 3.05) is 26.2 Å². The van der Waals surface area contributed by atoms with Crippen LogP contribution in [0.5, 0.6) is 0 Å². The van der Waals surface area contributed by atoms with Crippen molar-refractivity contribution in [3.05, 3.63) is 29.3 Å². The second-order valence-corrected chi connectivity index (χ2v) is 9.42. The molecule has 2 amide bonds. The monoisotopic (exact) mass is 409 g/mol. The van der Waals surface area contributed by atoms with Crippen LogP contribution in [-0.2, 0) is 14.8 Å². The Balaban J connectivity index is 2.28. The fraction of sp³-hybridized carbons (Fsp3) is 0.600. The maximum Gasteiger partial charge on any atom is 0.254 e. The quantitative estimate of drug-likeness (QED) is 0.748.